The summed E-state index contributed by atoms with van der Waals surface area (Å²) in [5.74, 6) is 0.358. The highest BCUT2D eigenvalue weighted by Crippen LogP contribution is 2.25. The van der Waals surface area contributed by atoms with Gasteiger partial charge in [-0.3, -0.25) is 0 Å². The van der Waals surface area contributed by atoms with Crippen LogP contribution in [0.25, 0.3) is 33.2 Å². The van der Waals surface area contributed by atoms with Crippen LogP contribution in [0.4, 0.5) is 5.95 Å². The molecule has 0 radical (unpaired) electrons. The Bertz CT molecular complexity index is 1340. The van der Waals surface area contributed by atoms with Gasteiger partial charge in [0.1, 0.15) is 5.52 Å². The van der Waals surface area contributed by atoms with Gasteiger partial charge in [0.2, 0.25) is 0 Å². The molecule has 0 amide bonds. The van der Waals surface area contributed by atoms with Crippen molar-refractivity contribution < 1.29 is 0 Å². The molecular formula is C23H18N6. The molecule has 6 nitrogen and oxygen atoms in total. The average Bonchev–Trinajstić information content (AvgIpc) is 3.07. The molecule has 0 atom stereocenters. The maximum Gasteiger partial charge on any atom is 0.265 e. The Labute approximate surface area is 167 Å². The van der Waals surface area contributed by atoms with Crippen molar-refractivity contribution in [1.29, 1.82) is 0 Å². The van der Waals surface area contributed by atoms with E-state index in [9.17, 15) is 0 Å². The number of aromatic nitrogens is 4. The van der Waals surface area contributed by atoms with Crippen molar-refractivity contribution in [2.24, 2.45) is 12.1 Å². The summed E-state index contributed by atoms with van der Waals surface area (Å²) in [4.78, 5) is 4.59. The Morgan fingerprint density at radius 1 is 0.862 bits per heavy atom. The van der Waals surface area contributed by atoms with Crippen molar-refractivity contribution in [3.63, 3.8) is 0 Å². The van der Waals surface area contributed by atoms with E-state index in [1.807, 2.05) is 72.3 Å². The summed E-state index contributed by atoms with van der Waals surface area (Å²) < 4.78 is 2.01. The van der Waals surface area contributed by atoms with Crippen molar-refractivity contribution in [2.75, 3.05) is 5.43 Å². The fraction of sp³-hybridized carbons (Fsp3) is 0.0435. The highest BCUT2D eigenvalue weighted by atomic mass is 15.4. The van der Waals surface area contributed by atoms with Crippen molar-refractivity contribution in [2.45, 2.75) is 0 Å². The molecule has 0 fully saturated rings. The van der Waals surface area contributed by atoms with E-state index < -0.39 is 0 Å². The standard InChI is InChI=1S/C23H18N6/c1-29-20-14-8-7-13-19(20)21-22(29)25-23(28-26-21)27-24-15-17-11-5-6-12-18(17)16-9-3-2-4-10-16/h2-15H,1H3,(H,25,27,28)/b24-15-. The number of anilines is 1. The number of nitrogens with zero attached hydrogens (tertiary/aromatic N) is 5. The Kier molecular flexibility index (Phi) is 4.22. The summed E-state index contributed by atoms with van der Waals surface area (Å²) in [6, 6.07) is 26.4. The van der Waals surface area contributed by atoms with Gasteiger partial charge in [0.25, 0.3) is 5.95 Å². The minimum Gasteiger partial charge on any atom is -0.327 e. The zero-order valence-electron chi connectivity index (χ0n) is 15.8. The van der Waals surface area contributed by atoms with E-state index in [0.717, 1.165) is 38.8 Å². The van der Waals surface area contributed by atoms with Gasteiger partial charge in [-0.1, -0.05) is 72.8 Å². The fourth-order valence-corrected chi connectivity index (χ4v) is 3.50. The summed E-state index contributed by atoms with van der Waals surface area (Å²) in [6.45, 7) is 0. The number of aryl methyl sites for hydroxylation is 1. The quantitative estimate of drug-likeness (QED) is 0.366. The van der Waals surface area contributed by atoms with Gasteiger partial charge in [-0.05, 0) is 17.2 Å². The van der Waals surface area contributed by atoms with Crippen molar-refractivity contribution in [1.82, 2.24) is 19.7 Å². The lowest BCUT2D eigenvalue weighted by Crippen LogP contribution is -2.01. The second-order valence-electron chi connectivity index (χ2n) is 6.71. The number of benzene rings is 3. The molecule has 0 saturated carbocycles. The predicted octanol–water partition coefficient (Wildman–Crippen LogP) is 4.63. The van der Waals surface area contributed by atoms with Crippen LogP contribution >= 0.6 is 0 Å². The second-order valence-corrected chi connectivity index (χ2v) is 6.71. The number of rotatable bonds is 4. The zero-order valence-corrected chi connectivity index (χ0v) is 15.8. The topological polar surface area (TPSA) is 68.0 Å². The van der Waals surface area contributed by atoms with Gasteiger partial charge in [0.15, 0.2) is 5.65 Å². The van der Waals surface area contributed by atoms with Crippen molar-refractivity contribution in [3.05, 3.63) is 84.4 Å². The maximum atomic E-state index is 4.59. The third-order valence-corrected chi connectivity index (χ3v) is 4.92. The van der Waals surface area contributed by atoms with Gasteiger partial charge in [-0.15, -0.1) is 10.2 Å². The molecule has 0 bridgehead atoms. The lowest BCUT2D eigenvalue weighted by atomic mass is 10.0. The van der Waals surface area contributed by atoms with Crippen LogP contribution in [-0.4, -0.2) is 26.0 Å². The van der Waals surface area contributed by atoms with E-state index in [0.29, 0.717) is 5.95 Å². The minimum absolute atomic E-state index is 0.358. The summed E-state index contributed by atoms with van der Waals surface area (Å²) in [6.07, 6.45) is 1.78. The highest BCUT2D eigenvalue weighted by Gasteiger charge is 2.11. The molecule has 6 heteroatoms. The molecule has 0 saturated heterocycles. The maximum absolute atomic E-state index is 4.59. The van der Waals surface area contributed by atoms with Crippen LogP contribution in [0.2, 0.25) is 0 Å². The van der Waals surface area contributed by atoms with E-state index in [-0.39, 0.29) is 0 Å². The lowest BCUT2D eigenvalue weighted by molar-refractivity contribution is 0.949. The summed E-state index contributed by atoms with van der Waals surface area (Å²) in [5, 5.41) is 13.9. The molecule has 0 unspecified atom stereocenters. The Balaban J connectivity index is 1.45. The number of hydrogen-bond acceptors (Lipinski definition) is 5. The molecule has 29 heavy (non-hydrogen) atoms. The van der Waals surface area contributed by atoms with Gasteiger partial charge in [0, 0.05) is 18.0 Å². The lowest BCUT2D eigenvalue weighted by Gasteiger charge is -2.05. The van der Waals surface area contributed by atoms with Crippen LogP contribution in [0.15, 0.2) is 84.0 Å². The van der Waals surface area contributed by atoms with E-state index in [2.05, 4.69) is 43.9 Å². The molecule has 2 heterocycles. The molecule has 0 spiro atoms. The monoisotopic (exact) mass is 378 g/mol. The third kappa shape index (κ3) is 3.10. The predicted molar refractivity (Wildman–Crippen MR) is 117 cm³/mol. The van der Waals surface area contributed by atoms with Crippen LogP contribution < -0.4 is 5.43 Å². The van der Waals surface area contributed by atoms with E-state index >= 15 is 0 Å². The Hall–Kier alpha value is -4.06. The fourth-order valence-electron chi connectivity index (χ4n) is 3.50. The van der Waals surface area contributed by atoms with Gasteiger partial charge in [0.05, 0.1) is 11.7 Å². The van der Waals surface area contributed by atoms with Crippen LogP contribution in [0.5, 0.6) is 0 Å². The first-order chi connectivity index (χ1) is 14.3. The molecule has 0 aliphatic carbocycles. The van der Waals surface area contributed by atoms with Crippen molar-refractivity contribution in [3.8, 4) is 11.1 Å². The van der Waals surface area contributed by atoms with Gasteiger partial charge < -0.3 is 4.57 Å². The molecule has 2 aromatic heterocycles. The molecule has 5 rings (SSSR count). The van der Waals surface area contributed by atoms with Crippen LogP contribution in [0.1, 0.15) is 5.56 Å². The van der Waals surface area contributed by atoms with Gasteiger partial charge >= 0.3 is 0 Å². The Morgan fingerprint density at radius 3 is 2.52 bits per heavy atom. The number of para-hydroxylation sites is 1. The van der Waals surface area contributed by atoms with Crippen molar-refractivity contribution >= 4 is 34.2 Å². The first kappa shape index (κ1) is 17.1. The van der Waals surface area contributed by atoms with Gasteiger partial charge in [-0.25, -0.2) is 5.43 Å². The number of nitrogens with one attached hydrogen (secondary N) is 1. The van der Waals surface area contributed by atoms with Gasteiger partial charge in [-0.2, -0.15) is 10.1 Å². The minimum atomic E-state index is 0.358. The highest BCUT2D eigenvalue weighted by molar-refractivity contribution is 6.04. The SMILES string of the molecule is Cn1c2ccccc2c2nnc(N/N=C\c3ccccc3-c3ccccc3)nc21. The van der Waals surface area contributed by atoms with E-state index in [4.69, 9.17) is 0 Å². The summed E-state index contributed by atoms with van der Waals surface area (Å²) in [5.41, 5.74) is 8.79. The van der Waals surface area contributed by atoms with Crippen LogP contribution in [0, 0.1) is 0 Å². The third-order valence-electron chi connectivity index (χ3n) is 4.92. The summed E-state index contributed by atoms with van der Waals surface area (Å²) >= 11 is 0. The number of hydrazone groups is 1. The number of hydrogen-bond donors (Lipinski definition) is 1. The van der Waals surface area contributed by atoms with Crippen LogP contribution in [0.3, 0.4) is 0 Å². The summed E-state index contributed by atoms with van der Waals surface area (Å²) in [7, 11) is 1.97. The largest absolute Gasteiger partial charge is 0.327 e. The van der Waals surface area contributed by atoms with Crippen LogP contribution in [-0.2, 0) is 7.05 Å². The molecule has 5 aromatic rings. The number of fused-ring (bicyclic) bond motifs is 3. The first-order valence-corrected chi connectivity index (χ1v) is 9.32. The second kappa shape index (κ2) is 7.16. The molecule has 0 aliphatic heterocycles. The van der Waals surface area contributed by atoms with E-state index in [1.165, 1.54) is 0 Å². The zero-order chi connectivity index (χ0) is 19.6. The molecule has 0 aliphatic rings. The molecule has 3 aromatic carbocycles. The molecule has 1 N–H and O–H groups in total. The Morgan fingerprint density at radius 2 is 1.62 bits per heavy atom. The van der Waals surface area contributed by atoms with E-state index in [1.54, 1.807) is 6.21 Å². The normalized spacial score (nSPS) is 11.5. The first-order valence-electron chi connectivity index (χ1n) is 9.32. The average molecular weight is 378 g/mol. The molecular weight excluding hydrogens is 360 g/mol. The molecule has 140 valence electrons. The smallest absolute Gasteiger partial charge is 0.265 e.